The molecular weight excluding hydrogens is 618 g/mol. The molecule has 0 heterocycles. The summed E-state index contributed by atoms with van der Waals surface area (Å²) >= 11 is 5.45. The number of benzene rings is 2. The Kier molecular flexibility index (Phi) is 13.5. The van der Waals surface area contributed by atoms with E-state index in [0.717, 1.165) is 5.69 Å². The molecule has 0 saturated heterocycles. The summed E-state index contributed by atoms with van der Waals surface area (Å²) in [6.45, 7) is -0.459. The molecule has 8 N–H and O–H groups in total. The van der Waals surface area contributed by atoms with Crippen molar-refractivity contribution in [3.63, 3.8) is 0 Å². The Bertz CT molecular complexity index is 1530. The maximum Gasteiger partial charge on any atom is 0.342 e. The highest BCUT2D eigenvalue weighted by Crippen LogP contribution is 2.31. The third-order valence-electron chi connectivity index (χ3n) is 6.23. The minimum atomic E-state index is -4.50. The molecule has 0 aliphatic carbocycles. The number of amides is 2. The monoisotopic (exact) mass is 653 g/mol. The van der Waals surface area contributed by atoms with Gasteiger partial charge in [-0.2, -0.15) is 8.42 Å². The van der Waals surface area contributed by atoms with Crippen LogP contribution in [0.4, 0.5) is 5.69 Å². The predicted octanol–water partition coefficient (Wildman–Crippen LogP) is -0.723. The summed E-state index contributed by atoms with van der Waals surface area (Å²) < 4.78 is 30.6. The van der Waals surface area contributed by atoms with Crippen LogP contribution in [-0.4, -0.2) is 88.9 Å². The van der Waals surface area contributed by atoms with Crippen LogP contribution in [0.3, 0.4) is 0 Å². The Hall–Kier alpha value is -4.28. The average molecular weight is 654 g/mol. The fourth-order valence-electron chi connectivity index (χ4n) is 4.06. The number of hydrogen-bond acceptors (Lipinski definition) is 11. The van der Waals surface area contributed by atoms with Crippen LogP contribution in [-0.2, 0) is 38.3 Å². The van der Waals surface area contributed by atoms with E-state index in [1.807, 2.05) is 25.1 Å². The number of alkyl halides is 1. The van der Waals surface area contributed by atoms with Gasteiger partial charge in [0.15, 0.2) is 5.96 Å². The maximum atomic E-state index is 12.9. The van der Waals surface area contributed by atoms with Gasteiger partial charge in [0, 0.05) is 43.5 Å². The van der Waals surface area contributed by atoms with Gasteiger partial charge in [0.05, 0.1) is 24.5 Å². The second-order valence-electron chi connectivity index (χ2n) is 9.79. The smallest absolute Gasteiger partial charge is 0.342 e. The molecule has 0 aromatic heterocycles. The number of rotatable bonds is 17. The lowest BCUT2D eigenvalue weighted by Gasteiger charge is -2.17. The van der Waals surface area contributed by atoms with Crippen molar-refractivity contribution in [1.82, 2.24) is 10.6 Å². The standard InChI is InChI=1S/C27H36ClN7O8S/c1-35(2)20-9-3-7-17-16(20)6-4-10-22(17)44(41,42)43-24(38)12-11-18(29)26(40)33-15-23(37)34-19(25(39)21(36)14-28)8-5-13-32-27(30)31/h3-4,6-7,9-10,18-19H,5,8,11-15,29H2,1-2H3,(H,33,40)(H,34,37)(H4,30,31,32)/t18-,19-/m0/s1. The topological polar surface area (TPSA) is 246 Å². The molecule has 2 atom stereocenters. The number of guanidine groups is 1. The molecule has 0 bridgehead atoms. The van der Waals surface area contributed by atoms with E-state index in [2.05, 4.69) is 15.6 Å². The van der Waals surface area contributed by atoms with Gasteiger partial charge in [-0.05, 0) is 31.4 Å². The minimum Gasteiger partial charge on any atom is -0.377 e. The van der Waals surface area contributed by atoms with Gasteiger partial charge in [-0.1, -0.05) is 24.3 Å². The van der Waals surface area contributed by atoms with Crippen molar-refractivity contribution in [3.05, 3.63) is 36.4 Å². The number of carbonyl (C=O) groups excluding carboxylic acids is 5. The Morgan fingerprint density at radius 1 is 1.02 bits per heavy atom. The van der Waals surface area contributed by atoms with Crippen LogP contribution in [0, 0.1) is 0 Å². The molecule has 0 radical (unpaired) electrons. The first-order valence-corrected chi connectivity index (χ1v) is 15.3. The van der Waals surface area contributed by atoms with Crippen LogP contribution in [0.5, 0.6) is 0 Å². The van der Waals surface area contributed by atoms with E-state index < -0.39 is 70.4 Å². The normalized spacial score (nSPS) is 12.5. The Morgan fingerprint density at radius 2 is 1.68 bits per heavy atom. The number of aliphatic imine (C=N–C) groups is 1. The summed E-state index contributed by atoms with van der Waals surface area (Å²) in [4.78, 5) is 66.6. The molecule has 240 valence electrons. The number of nitrogens with one attached hydrogen (secondary N) is 2. The zero-order valence-electron chi connectivity index (χ0n) is 24.2. The van der Waals surface area contributed by atoms with E-state index in [9.17, 15) is 32.4 Å². The van der Waals surface area contributed by atoms with Crippen molar-refractivity contribution in [3.8, 4) is 0 Å². The number of fused-ring (bicyclic) bond motifs is 1. The van der Waals surface area contributed by atoms with Gasteiger partial charge in [-0.15, -0.1) is 11.6 Å². The minimum absolute atomic E-state index is 0.0258. The van der Waals surface area contributed by atoms with Gasteiger partial charge in [0.25, 0.3) is 0 Å². The second-order valence-corrected chi connectivity index (χ2v) is 11.6. The molecule has 2 amide bonds. The van der Waals surface area contributed by atoms with E-state index in [4.69, 9.17) is 33.0 Å². The molecule has 2 aromatic rings. The van der Waals surface area contributed by atoms with Crippen LogP contribution in [0.25, 0.3) is 10.8 Å². The van der Waals surface area contributed by atoms with Crippen LogP contribution in [0.2, 0.25) is 0 Å². The average Bonchev–Trinajstić information content (AvgIpc) is 2.98. The van der Waals surface area contributed by atoms with Gasteiger partial charge >= 0.3 is 16.1 Å². The van der Waals surface area contributed by atoms with Gasteiger partial charge < -0.3 is 36.9 Å². The first-order valence-electron chi connectivity index (χ1n) is 13.3. The summed E-state index contributed by atoms with van der Waals surface area (Å²) in [6.07, 6.45) is -0.526. The second kappa shape index (κ2) is 16.5. The Morgan fingerprint density at radius 3 is 2.32 bits per heavy atom. The highest BCUT2D eigenvalue weighted by atomic mass is 35.5. The zero-order valence-corrected chi connectivity index (χ0v) is 25.8. The van der Waals surface area contributed by atoms with E-state index in [1.54, 1.807) is 18.2 Å². The van der Waals surface area contributed by atoms with E-state index in [1.165, 1.54) is 12.1 Å². The number of carbonyl (C=O) groups is 5. The Labute approximate surface area is 259 Å². The number of Topliss-reactive ketones (excluding diaryl/α,β-unsaturated/α-hetero) is 2. The summed E-state index contributed by atoms with van der Waals surface area (Å²) in [7, 11) is -0.881. The van der Waals surface area contributed by atoms with Crippen LogP contribution < -0.4 is 32.7 Å². The van der Waals surface area contributed by atoms with E-state index >= 15 is 0 Å². The van der Waals surface area contributed by atoms with Crippen molar-refractivity contribution >= 4 is 73.5 Å². The maximum absolute atomic E-state index is 12.9. The molecular formula is C27H36ClN7O8S. The van der Waals surface area contributed by atoms with Crippen molar-refractivity contribution in [2.75, 3.05) is 38.0 Å². The van der Waals surface area contributed by atoms with Crippen molar-refractivity contribution in [2.45, 2.75) is 42.7 Å². The highest BCUT2D eigenvalue weighted by Gasteiger charge is 2.27. The summed E-state index contributed by atoms with van der Waals surface area (Å²) in [5.41, 5.74) is 17.1. The molecule has 44 heavy (non-hydrogen) atoms. The van der Waals surface area contributed by atoms with Crippen molar-refractivity contribution in [1.29, 1.82) is 0 Å². The van der Waals surface area contributed by atoms with Gasteiger partial charge in [0.2, 0.25) is 23.4 Å². The lowest BCUT2D eigenvalue weighted by atomic mass is 10.0. The molecule has 0 saturated carbocycles. The fourth-order valence-corrected chi connectivity index (χ4v) is 5.30. The molecule has 0 unspecified atom stereocenters. The van der Waals surface area contributed by atoms with Crippen LogP contribution in [0.15, 0.2) is 46.3 Å². The number of nitrogens with two attached hydrogens (primary N) is 3. The fraction of sp³-hybridized carbons (Fsp3) is 0.407. The zero-order chi connectivity index (χ0) is 33.0. The van der Waals surface area contributed by atoms with Crippen molar-refractivity contribution < 1.29 is 36.6 Å². The molecule has 17 heteroatoms. The lowest BCUT2D eigenvalue weighted by Crippen LogP contribution is -2.50. The number of hydrogen-bond donors (Lipinski definition) is 5. The largest absolute Gasteiger partial charge is 0.377 e. The predicted molar refractivity (Wildman–Crippen MR) is 164 cm³/mol. The van der Waals surface area contributed by atoms with Crippen LogP contribution in [0.1, 0.15) is 25.7 Å². The summed E-state index contributed by atoms with van der Waals surface area (Å²) in [5.74, 6) is -5.31. The van der Waals surface area contributed by atoms with E-state index in [-0.39, 0.29) is 36.7 Å². The third kappa shape index (κ3) is 10.5. The molecule has 15 nitrogen and oxygen atoms in total. The van der Waals surface area contributed by atoms with Crippen molar-refractivity contribution in [2.24, 2.45) is 22.2 Å². The number of nitrogens with zero attached hydrogens (tertiary/aromatic N) is 2. The number of halogens is 1. The Balaban J connectivity index is 1.92. The first kappa shape index (κ1) is 35.9. The summed E-state index contributed by atoms with van der Waals surface area (Å²) in [6, 6.07) is 7.18. The number of anilines is 1. The molecule has 0 aliphatic rings. The van der Waals surface area contributed by atoms with Gasteiger partial charge in [0.1, 0.15) is 4.90 Å². The third-order valence-corrected chi connectivity index (χ3v) is 7.77. The molecule has 2 rings (SSSR count). The SMILES string of the molecule is CN(C)c1cccc2c(S(=O)(=O)OC(=O)CC[C@H](N)C(=O)NCC(=O)N[C@@H](CCCN=C(N)N)C(=O)C(=O)CCl)cccc12. The molecule has 0 fully saturated rings. The van der Waals surface area contributed by atoms with Gasteiger partial charge in [-0.3, -0.25) is 29.0 Å². The molecule has 0 spiro atoms. The first-order chi connectivity index (χ1) is 20.7. The van der Waals surface area contributed by atoms with E-state index in [0.29, 0.717) is 10.8 Å². The van der Waals surface area contributed by atoms with Gasteiger partial charge in [-0.25, -0.2) is 0 Å². The number of ketones is 2. The van der Waals surface area contributed by atoms with Crippen LogP contribution >= 0.6 is 11.6 Å². The highest BCUT2D eigenvalue weighted by molar-refractivity contribution is 7.87. The summed E-state index contributed by atoms with van der Waals surface area (Å²) in [5, 5.41) is 5.62. The molecule has 2 aromatic carbocycles. The molecule has 0 aliphatic heterocycles. The lowest BCUT2D eigenvalue weighted by molar-refractivity contribution is -0.137. The quantitative estimate of drug-likeness (QED) is 0.0354.